The molecule has 0 unspecified atom stereocenters. The molecular formula is C11H22N2O. The fourth-order valence-corrected chi connectivity index (χ4v) is 2.11. The second-order valence-corrected chi connectivity index (χ2v) is 4.13. The van der Waals surface area contributed by atoms with Crippen LogP contribution >= 0.6 is 0 Å². The molecule has 1 aliphatic rings. The number of hydrogen-bond donors (Lipinski definition) is 2. The molecule has 3 nitrogen and oxygen atoms in total. The Morgan fingerprint density at radius 2 is 1.86 bits per heavy atom. The summed E-state index contributed by atoms with van der Waals surface area (Å²) in [4.78, 5) is 11.2. The van der Waals surface area contributed by atoms with Gasteiger partial charge in [0.2, 0.25) is 0 Å². The highest BCUT2D eigenvalue weighted by Gasteiger charge is 2.20. The Labute approximate surface area is 86.6 Å². The largest absolute Gasteiger partial charge is 0.338 e. The molecule has 1 rings (SSSR count). The number of carbonyl (C=O) groups excluding carboxylic acids is 1. The van der Waals surface area contributed by atoms with Crippen molar-refractivity contribution >= 4 is 6.03 Å². The van der Waals surface area contributed by atoms with Gasteiger partial charge < -0.3 is 10.6 Å². The normalized spacial score (nSPS) is 27.0. The average molecular weight is 198 g/mol. The average Bonchev–Trinajstić information content (AvgIpc) is 2.19. The van der Waals surface area contributed by atoms with Crippen molar-refractivity contribution in [3.63, 3.8) is 0 Å². The Morgan fingerprint density at radius 1 is 1.21 bits per heavy atom. The molecule has 0 saturated heterocycles. The van der Waals surface area contributed by atoms with Gasteiger partial charge in [0, 0.05) is 12.6 Å². The first-order valence-electron chi connectivity index (χ1n) is 5.80. The van der Waals surface area contributed by atoms with Gasteiger partial charge in [-0.3, -0.25) is 0 Å². The fraction of sp³-hybridized carbons (Fsp3) is 0.909. The monoisotopic (exact) mass is 198 g/mol. The molecule has 0 radical (unpaired) electrons. The van der Waals surface area contributed by atoms with E-state index < -0.39 is 0 Å². The van der Waals surface area contributed by atoms with Gasteiger partial charge in [0.1, 0.15) is 0 Å². The molecule has 0 aromatic rings. The van der Waals surface area contributed by atoms with Crippen molar-refractivity contribution in [2.45, 2.75) is 52.0 Å². The molecule has 3 heteroatoms. The van der Waals surface area contributed by atoms with Crippen LogP contribution in [0.15, 0.2) is 0 Å². The molecule has 0 aliphatic heterocycles. The Bertz CT molecular complexity index is 174. The second kappa shape index (κ2) is 5.89. The van der Waals surface area contributed by atoms with Gasteiger partial charge in [0.15, 0.2) is 0 Å². The smallest absolute Gasteiger partial charge is 0.314 e. The molecule has 0 bridgehead atoms. The summed E-state index contributed by atoms with van der Waals surface area (Å²) in [6, 6.07) is 0.400. The van der Waals surface area contributed by atoms with Gasteiger partial charge in [-0.15, -0.1) is 0 Å². The molecule has 82 valence electrons. The first kappa shape index (κ1) is 11.3. The van der Waals surface area contributed by atoms with E-state index in [9.17, 15) is 4.79 Å². The van der Waals surface area contributed by atoms with Crippen molar-refractivity contribution in [1.82, 2.24) is 10.6 Å². The number of amides is 2. The van der Waals surface area contributed by atoms with E-state index >= 15 is 0 Å². The van der Waals surface area contributed by atoms with Gasteiger partial charge in [-0.25, -0.2) is 4.79 Å². The summed E-state index contributed by atoms with van der Waals surface area (Å²) in [6.07, 6.45) is 6.13. The summed E-state index contributed by atoms with van der Waals surface area (Å²) in [5, 5.41) is 5.78. The molecule has 0 heterocycles. The zero-order valence-electron chi connectivity index (χ0n) is 9.31. The van der Waals surface area contributed by atoms with Crippen LogP contribution in [0.2, 0.25) is 0 Å². The Hall–Kier alpha value is -0.730. The fourth-order valence-electron chi connectivity index (χ4n) is 2.11. The van der Waals surface area contributed by atoms with E-state index in [2.05, 4.69) is 17.6 Å². The van der Waals surface area contributed by atoms with Crippen LogP contribution in [-0.2, 0) is 0 Å². The van der Waals surface area contributed by atoms with Gasteiger partial charge in [-0.2, -0.15) is 0 Å². The third-order valence-electron chi connectivity index (χ3n) is 3.10. The van der Waals surface area contributed by atoms with E-state index in [0.717, 1.165) is 18.8 Å². The van der Waals surface area contributed by atoms with Crippen LogP contribution in [0.25, 0.3) is 0 Å². The number of nitrogens with one attached hydrogen (secondary N) is 2. The van der Waals surface area contributed by atoms with Crippen molar-refractivity contribution in [1.29, 1.82) is 0 Å². The van der Waals surface area contributed by atoms with Crippen LogP contribution < -0.4 is 10.6 Å². The number of carbonyl (C=O) groups is 1. The van der Waals surface area contributed by atoms with E-state index in [0.29, 0.717) is 12.6 Å². The van der Waals surface area contributed by atoms with E-state index in [1.165, 1.54) is 19.3 Å². The van der Waals surface area contributed by atoms with Crippen molar-refractivity contribution in [2.24, 2.45) is 5.92 Å². The Morgan fingerprint density at radius 3 is 2.36 bits per heavy atom. The number of hydrogen-bond acceptors (Lipinski definition) is 1. The highest BCUT2D eigenvalue weighted by molar-refractivity contribution is 5.74. The van der Waals surface area contributed by atoms with Crippen LogP contribution in [0, 0.1) is 5.92 Å². The summed E-state index contributed by atoms with van der Waals surface area (Å²) >= 11 is 0. The number of rotatable bonds is 3. The summed E-state index contributed by atoms with van der Waals surface area (Å²) in [5.41, 5.74) is 0. The summed E-state index contributed by atoms with van der Waals surface area (Å²) in [6.45, 7) is 4.89. The van der Waals surface area contributed by atoms with E-state index in [1.54, 1.807) is 0 Å². The van der Waals surface area contributed by atoms with E-state index in [-0.39, 0.29) is 6.03 Å². The van der Waals surface area contributed by atoms with E-state index in [1.807, 2.05) is 6.92 Å². The third kappa shape index (κ3) is 3.56. The summed E-state index contributed by atoms with van der Waals surface area (Å²) < 4.78 is 0. The maximum atomic E-state index is 11.2. The molecule has 14 heavy (non-hydrogen) atoms. The van der Waals surface area contributed by atoms with Crippen LogP contribution in [0.1, 0.15) is 46.0 Å². The minimum Gasteiger partial charge on any atom is -0.338 e. The molecule has 2 amide bonds. The standard InChI is InChI=1S/C11H22N2O/c1-3-9-5-7-10(8-6-9)13-11(14)12-4-2/h9-10H,3-8H2,1-2H3,(H2,12,13,14)/t9-,10-. The zero-order chi connectivity index (χ0) is 10.4. The van der Waals surface area contributed by atoms with Crippen LogP contribution in [0.4, 0.5) is 4.79 Å². The lowest BCUT2D eigenvalue weighted by atomic mass is 9.85. The van der Waals surface area contributed by atoms with Gasteiger partial charge in [0.25, 0.3) is 0 Å². The van der Waals surface area contributed by atoms with Crippen molar-refractivity contribution in [3.05, 3.63) is 0 Å². The lowest BCUT2D eigenvalue weighted by Gasteiger charge is -2.28. The van der Waals surface area contributed by atoms with E-state index in [4.69, 9.17) is 0 Å². The molecular weight excluding hydrogens is 176 g/mol. The van der Waals surface area contributed by atoms with Crippen molar-refractivity contribution in [3.8, 4) is 0 Å². The number of urea groups is 1. The SMILES string of the molecule is CCNC(=O)N[C@H]1CC[C@H](CC)CC1. The third-order valence-corrected chi connectivity index (χ3v) is 3.10. The first-order valence-corrected chi connectivity index (χ1v) is 5.80. The lowest BCUT2D eigenvalue weighted by molar-refractivity contribution is 0.227. The summed E-state index contributed by atoms with van der Waals surface area (Å²) in [7, 11) is 0. The molecule has 0 atom stereocenters. The minimum atomic E-state index is -0.00699. The molecule has 0 spiro atoms. The minimum absolute atomic E-state index is 0.00699. The summed E-state index contributed by atoms with van der Waals surface area (Å²) in [5.74, 6) is 0.891. The maximum Gasteiger partial charge on any atom is 0.314 e. The zero-order valence-corrected chi connectivity index (χ0v) is 9.31. The highest BCUT2D eigenvalue weighted by Crippen LogP contribution is 2.26. The maximum absolute atomic E-state index is 11.2. The molecule has 1 fully saturated rings. The second-order valence-electron chi connectivity index (χ2n) is 4.13. The topological polar surface area (TPSA) is 41.1 Å². The van der Waals surface area contributed by atoms with Gasteiger partial charge >= 0.3 is 6.03 Å². The van der Waals surface area contributed by atoms with Gasteiger partial charge in [0.05, 0.1) is 0 Å². The Kier molecular flexibility index (Phi) is 4.77. The molecule has 1 aliphatic carbocycles. The first-order chi connectivity index (χ1) is 6.76. The molecule has 0 aromatic carbocycles. The predicted molar refractivity (Wildman–Crippen MR) is 58.2 cm³/mol. The molecule has 2 N–H and O–H groups in total. The molecule has 0 aromatic heterocycles. The lowest BCUT2D eigenvalue weighted by Crippen LogP contribution is -2.43. The predicted octanol–water partition coefficient (Wildman–Crippen LogP) is 2.27. The van der Waals surface area contributed by atoms with Gasteiger partial charge in [-0.05, 0) is 38.5 Å². The van der Waals surface area contributed by atoms with Crippen LogP contribution in [0.3, 0.4) is 0 Å². The molecule has 1 saturated carbocycles. The van der Waals surface area contributed by atoms with Gasteiger partial charge in [-0.1, -0.05) is 13.3 Å². The van der Waals surface area contributed by atoms with Crippen LogP contribution in [-0.4, -0.2) is 18.6 Å². The Balaban J connectivity index is 2.18. The van der Waals surface area contributed by atoms with Crippen LogP contribution in [0.5, 0.6) is 0 Å². The van der Waals surface area contributed by atoms with Crippen molar-refractivity contribution in [2.75, 3.05) is 6.54 Å². The quantitative estimate of drug-likeness (QED) is 0.717. The van der Waals surface area contributed by atoms with Crippen molar-refractivity contribution < 1.29 is 4.79 Å². The highest BCUT2D eigenvalue weighted by atomic mass is 16.2.